The van der Waals surface area contributed by atoms with Gasteiger partial charge in [0.25, 0.3) is 5.91 Å². The van der Waals surface area contributed by atoms with Crippen molar-refractivity contribution < 1.29 is 14.3 Å². The number of carbonyl (C=O) groups is 2. The lowest BCUT2D eigenvalue weighted by Crippen LogP contribution is -2.43. The summed E-state index contributed by atoms with van der Waals surface area (Å²) in [6.07, 6.45) is 0.491. The van der Waals surface area contributed by atoms with Crippen molar-refractivity contribution in [1.82, 2.24) is 10.2 Å². The third-order valence-electron chi connectivity index (χ3n) is 4.57. The zero-order valence-electron chi connectivity index (χ0n) is 14.5. The summed E-state index contributed by atoms with van der Waals surface area (Å²) in [4.78, 5) is 27.0. The summed E-state index contributed by atoms with van der Waals surface area (Å²) in [5.74, 6) is 0.469. The number of hydrogen-bond acceptors (Lipinski definition) is 3. The maximum absolute atomic E-state index is 13.1. The average Bonchev–Trinajstić information content (AvgIpc) is 2.89. The molecule has 25 heavy (non-hydrogen) atoms. The molecule has 0 aliphatic carbocycles. The van der Waals surface area contributed by atoms with Crippen LogP contribution in [-0.4, -0.2) is 23.4 Å². The second kappa shape index (κ2) is 6.97. The van der Waals surface area contributed by atoms with Gasteiger partial charge in [-0.15, -0.1) is 0 Å². The number of ether oxygens (including phenoxy) is 1. The Morgan fingerprint density at radius 2 is 1.68 bits per heavy atom. The zero-order valence-corrected chi connectivity index (χ0v) is 14.5. The van der Waals surface area contributed by atoms with E-state index in [-0.39, 0.29) is 18.5 Å². The van der Waals surface area contributed by atoms with E-state index in [2.05, 4.69) is 5.32 Å². The number of para-hydroxylation sites is 1. The summed E-state index contributed by atoms with van der Waals surface area (Å²) in [5.41, 5.74) is 0.614. The molecular formula is C20H22N2O3. The molecule has 5 heteroatoms. The first-order valence-electron chi connectivity index (χ1n) is 8.52. The molecule has 130 valence electrons. The second-order valence-electron chi connectivity index (χ2n) is 5.99. The molecule has 0 bridgehead atoms. The van der Waals surface area contributed by atoms with Gasteiger partial charge in [0.1, 0.15) is 11.3 Å². The summed E-state index contributed by atoms with van der Waals surface area (Å²) >= 11 is 0. The summed E-state index contributed by atoms with van der Waals surface area (Å²) in [5, 5.41) is 2.90. The largest absolute Gasteiger partial charge is 0.494 e. The van der Waals surface area contributed by atoms with Crippen LogP contribution >= 0.6 is 0 Å². The average molecular weight is 338 g/mol. The van der Waals surface area contributed by atoms with Gasteiger partial charge in [-0.05, 0) is 25.0 Å². The molecule has 5 nitrogen and oxygen atoms in total. The molecule has 1 aliphatic heterocycles. The SMILES string of the molecule is CCOc1ccccc1CN1C(=O)N[C@](CC)(c2ccccc2)C1=O. The third-order valence-corrected chi connectivity index (χ3v) is 4.57. The first kappa shape index (κ1) is 17.0. The highest BCUT2D eigenvalue weighted by Crippen LogP contribution is 2.34. The number of urea groups is 1. The van der Waals surface area contributed by atoms with Gasteiger partial charge in [-0.1, -0.05) is 55.5 Å². The molecule has 2 aromatic rings. The predicted octanol–water partition coefficient (Wildman–Crippen LogP) is 3.44. The fraction of sp³-hybridized carbons (Fsp3) is 0.300. The molecule has 0 saturated carbocycles. The van der Waals surface area contributed by atoms with Crippen molar-refractivity contribution >= 4 is 11.9 Å². The van der Waals surface area contributed by atoms with E-state index in [0.717, 1.165) is 11.1 Å². The van der Waals surface area contributed by atoms with E-state index in [0.29, 0.717) is 18.8 Å². The van der Waals surface area contributed by atoms with Gasteiger partial charge in [0, 0.05) is 5.56 Å². The molecule has 1 heterocycles. The molecule has 1 N–H and O–H groups in total. The molecular weight excluding hydrogens is 316 g/mol. The fourth-order valence-corrected chi connectivity index (χ4v) is 3.23. The second-order valence-corrected chi connectivity index (χ2v) is 5.99. The first-order chi connectivity index (χ1) is 12.1. The Labute approximate surface area is 147 Å². The van der Waals surface area contributed by atoms with E-state index in [1.165, 1.54) is 4.90 Å². The van der Waals surface area contributed by atoms with Crippen LogP contribution in [0, 0.1) is 0 Å². The predicted molar refractivity (Wildman–Crippen MR) is 95.1 cm³/mol. The number of nitrogens with zero attached hydrogens (tertiary/aromatic N) is 1. The van der Waals surface area contributed by atoms with Crippen molar-refractivity contribution in [2.75, 3.05) is 6.61 Å². The van der Waals surface area contributed by atoms with Crippen LogP contribution in [0.4, 0.5) is 4.79 Å². The normalized spacial score (nSPS) is 19.8. The lowest BCUT2D eigenvalue weighted by atomic mass is 9.87. The molecule has 3 amide bonds. The number of imide groups is 1. The zero-order chi connectivity index (χ0) is 17.9. The van der Waals surface area contributed by atoms with E-state index >= 15 is 0 Å². The quantitative estimate of drug-likeness (QED) is 0.821. The van der Waals surface area contributed by atoms with Crippen LogP contribution in [0.1, 0.15) is 31.4 Å². The van der Waals surface area contributed by atoms with Crippen molar-refractivity contribution in [2.45, 2.75) is 32.4 Å². The summed E-state index contributed by atoms with van der Waals surface area (Å²) in [6, 6.07) is 16.5. The van der Waals surface area contributed by atoms with Crippen molar-refractivity contribution in [1.29, 1.82) is 0 Å². The van der Waals surface area contributed by atoms with Crippen LogP contribution in [0.15, 0.2) is 54.6 Å². The Hall–Kier alpha value is -2.82. The number of benzene rings is 2. The van der Waals surface area contributed by atoms with E-state index in [1.54, 1.807) is 0 Å². The van der Waals surface area contributed by atoms with Gasteiger partial charge in [0.2, 0.25) is 0 Å². The number of carbonyl (C=O) groups excluding carboxylic acids is 2. The van der Waals surface area contributed by atoms with Gasteiger partial charge in [0.05, 0.1) is 13.2 Å². The molecule has 3 rings (SSSR count). The fourth-order valence-electron chi connectivity index (χ4n) is 3.23. The number of nitrogens with one attached hydrogen (secondary N) is 1. The van der Waals surface area contributed by atoms with Crippen LogP contribution < -0.4 is 10.1 Å². The minimum atomic E-state index is -1.00. The van der Waals surface area contributed by atoms with Crippen molar-refractivity contribution in [2.24, 2.45) is 0 Å². The maximum Gasteiger partial charge on any atom is 0.325 e. The molecule has 0 spiro atoms. The highest BCUT2D eigenvalue weighted by atomic mass is 16.5. The van der Waals surface area contributed by atoms with Crippen LogP contribution in [0.5, 0.6) is 5.75 Å². The maximum atomic E-state index is 13.1. The molecule has 0 unspecified atom stereocenters. The van der Waals surface area contributed by atoms with Gasteiger partial charge >= 0.3 is 6.03 Å². The van der Waals surface area contributed by atoms with Gasteiger partial charge < -0.3 is 10.1 Å². The van der Waals surface area contributed by atoms with E-state index in [1.807, 2.05) is 68.4 Å². The van der Waals surface area contributed by atoms with Crippen LogP contribution in [0.3, 0.4) is 0 Å². The lowest BCUT2D eigenvalue weighted by molar-refractivity contribution is -0.132. The van der Waals surface area contributed by atoms with Crippen LogP contribution in [0.25, 0.3) is 0 Å². The van der Waals surface area contributed by atoms with Gasteiger partial charge in [-0.2, -0.15) is 0 Å². The van der Waals surface area contributed by atoms with Gasteiger partial charge in [-0.25, -0.2) is 4.79 Å². The summed E-state index contributed by atoms with van der Waals surface area (Å²) in [6.45, 7) is 4.53. The highest BCUT2D eigenvalue weighted by Gasteiger charge is 2.51. The van der Waals surface area contributed by atoms with E-state index in [4.69, 9.17) is 4.74 Å². The summed E-state index contributed by atoms with van der Waals surface area (Å²) in [7, 11) is 0. The Morgan fingerprint density at radius 1 is 1.00 bits per heavy atom. The number of amides is 3. The number of hydrogen-bond donors (Lipinski definition) is 1. The molecule has 0 radical (unpaired) electrons. The van der Waals surface area contributed by atoms with E-state index < -0.39 is 5.54 Å². The minimum Gasteiger partial charge on any atom is -0.494 e. The molecule has 1 fully saturated rings. The molecule has 1 aliphatic rings. The van der Waals surface area contributed by atoms with Crippen molar-refractivity contribution in [3.05, 3.63) is 65.7 Å². The smallest absolute Gasteiger partial charge is 0.325 e. The molecule has 1 saturated heterocycles. The molecule has 1 atom stereocenters. The van der Waals surface area contributed by atoms with Crippen LogP contribution in [0.2, 0.25) is 0 Å². The molecule has 0 aromatic heterocycles. The highest BCUT2D eigenvalue weighted by molar-refractivity contribution is 6.07. The number of rotatable bonds is 6. The molecule has 2 aromatic carbocycles. The summed E-state index contributed by atoms with van der Waals surface area (Å²) < 4.78 is 5.61. The van der Waals surface area contributed by atoms with E-state index in [9.17, 15) is 9.59 Å². The standard InChI is InChI=1S/C20H22N2O3/c1-3-20(16-11-6-5-7-12-16)18(23)22(19(24)21-20)14-15-10-8-9-13-17(15)25-4-2/h5-13H,3-4,14H2,1-2H3,(H,21,24)/t20-/m1/s1. The Morgan fingerprint density at radius 3 is 2.36 bits per heavy atom. The van der Waals surface area contributed by atoms with Crippen molar-refractivity contribution in [3.63, 3.8) is 0 Å². The Bertz CT molecular complexity index is 776. The van der Waals surface area contributed by atoms with Gasteiger partial charge in [-0.3, -0.25) is 9.69 Å². The Kier molecular flexibility index (Phi) is 4.74. The Balaban J connectivity index is 1.92. The van der Waals surface area contributed by atoms with Crippen LogP contribution in [-0.2, 0) is 16.9 Å². The monoisotopic (exact) mass is 338 g/mol. The first-order valence-corrected chi connectivity index (χ1v) is 8.52. The van der Waals surface area contributed by atoms with Gasteiger partial charge in [0.15, 0.2) is 0 Å². The van der Waals surface area contributed by atoms with Crippen molar-refractivity contribution in [3.8, 4) is 5.75 Å². The minimum absolute atomic E-state index is 0.190. The lowest BCUT2D eigenvalue weighted by Gasteiger charge is -2.25. The topological polar surface area (TPSA) is 58.6 Å². The third kappa shape index (κ3) is 2.97.